The predicted molar refractivity (Wildman–Crippen MR) is 87.3 cm³/mol. The fourth-order valence-electron chi connectivity index (χ4n) is 3.39. The Morgan fingerprint density at radius 3 is 2.48 bits per heavy atom. The lowest BCUT2D eigenvalue weighted by molar-refractivity contribution is -0.151. The highest BCUT2D eigenvalue weighted by Crippen LogP contribution is 2.34. The molecule has 0 aromatic carbocycles. The lowest BCUT2D eigenvalue weighted by Crippen LogP contribution is -2.56. The van der Waals surface area contributed by atoms with E-state index in [1.165, 1.54) is 4.90 Å². The van der Waals surface area contributed by atoms with Crippen molar-refractivity contribution in [3.63, 3.8) is 0 Å². The second-order valence-electron chi connectivity index (χ2n) is 6.98. The zero-order chi connectivity index (χ0) is 17.2. The predicted octanol–water partition coefficient (Wildman–Crippen LogP) is 2.71. The van der Waals surface area contributed by atoms with Crippen molar-refractivity contribution in [2.45, 2.75) is 65.0 Å². The number of amides is 1. The zero-order valence-corrected chi connectivity index (χ0v) is 14.5. The second kappa shape index (κ2) is 6.72. The summed E-state index contributed by atoms with van der Waals surface area (Å²) in [5.74, 6) is -0.722. The van der Waals surface area contributed by atoms with Crippen molar-refractivity contribution in [3.05, 3.63) is 17.5 Å². The van der Waals surface area contributed by atoms with E-state index in [1.54, 1.807) is 13.2 Å². The van der Waals surface area contributed by atoms with Crippen LogP contribution in [0.3, 0.4) is 0 Å². The van der Waals surface area contributed by atoms with Gasteiger partial charge in [-0.25, -0.2) is 4.79 Å². The van der Waals surface area contributed by atoms with Crippen LogP contribution in [0.1, 0.15) is 62.0 Å². The molecule has 1 saturated carbocycles. The van der Waals surface area contributed by atoms with Crippen molar-refractivity contribution >= 4 is 11.9 Å². The quantitative estimate of drug-likeness (QED) is 0.904. The topological polar surface area (TPSA) is 75.4 Å². The van der Waals surface area contributed by atoms with Gasteiger partial charge >= 0.3 is 5.97 Å². The Hall–Kier alpha value is -1.85. The Bertz CT molecular complexity index is 586. The molecule has 1 aromatic heterocycles. The SMILES string of the molecule is Cc1c(C(=O)N(C)C2(C(=O)O)CCCCC2)cnn1CC(C)C. The van der Waals surface area contributed by atoms with Crippen LogP contribution in [0, 0.1) is 12.8 Å². The van der Waals surface area contributed by atoms with Gasteiger partial charge in [0, 0.05) is 19.3 Å². The van der Waals surface area contributed by atoms with Crippen molar-refractivity contribution in [2.75, 3.05) is 7.05 Å². The summed E-state index contributed by atoms with van der Waals surface area (Å²) < 4.78 is 1.82. The van der Waals surface area contributed by atoms with Crippen LogP contribution in [0.2, 0.25) is 0 Å². The van der Waals surface area contributed by atoms with Crippen molar-refractivity contribution in [2.24, 2.45) is 5.92 Å². The molecule has 0 spiro atoms. The van der Waals surface area contributed by atoms with Crippen LogP contribution in [-0.4, -0.2) is 44.3 Å². The monoisotopic (exact) mass is 321 g/mol. The fraction of sp³-hybridized carbons (Fsp3) is 0.706. The summed E-state index contributed by atoms with van der Waals surface area (Å²) in [6.45, 7) is 6.80. The highest BCUT2D eigenvalue weighted by molar-refractivity contribution is 5.98. The van der Waals surface area contributed by atoms with Crippen LogP contribution in [-0.2, 0) is 11.3 Å². The van der Waals surface area contributed by atoms with E-state index in [9.17, 15) is 14.7 Å². The lowest BCUT2D eigenvalue weighted by atomic mass is 9.80. The molecular formula is C17H27N3O3. The molecule has 1 N–H and O–H groups in total. The minimum Gasteiger partial charge on any atom is -0.479 e. The standard InChI is InChI=1S/C17H27N3O3/c1-12(2)11-20-13(3)14(10-18-20)15(21)19(4)17(16(22)23)8-6-5-7-9-17/h10,12H,5-9,11H2,1-4H3,(H,22,23). The van der Waals surface area contributed by atoms with Gasteiger partial charge in [0.15, 0.2) is 0 Å². The molecule has 6 heteroatoms. The smallest absolute Gasteiger partial charge is 0.329 e. The van der Waals surface area contributed by atoms with E-state index < -0.39 is 11.5 Å². The molecule has 2 rings (SSSR count). The molecule has 1 aliphatic rings. The van der Waals surface area contributed by atoms with E-state index in [1.807, 2.05) is 11.6 Å². The molecule has 0 unspecified atom stereocenters. The number of carbonyl (C=O) groups excluding carboxylic acids is 1. The number of nitrogens with zero attached hydrogens (tertiary/aromatic N) is 3. The molecule has 1 heterocycles. The summed E-state index contributed by atoms with van der Waals surface area (Å²) in [5.41, 5.74) is 0.216. The Labute approximate surface area is 137 Å². The molecule has 128 valence electrons. The first-order valence-corrected chi connectivity index (χ1v) is 8.33. The number of carbonyl (C=O) groups is 2. The molecule has 6 nitrogen and oxygen atoms in total. The Morgan fingerprint density at radius 2 is 1.96 bits per heavy atom. The second-order valence-corrected chi connectivity index (χ2v) is 6.98. The van der Waals surface area contributed by atoms with Crippen molar-refractivity contribution < 1.29 is 14.7 Å². The van der Waals surface area contributed by atoms with Gasteiger partial charge in [-0.1, -0.05) is 33.1 Å². The van der Waals surface area contributed by atoms with Gasteiger partial charge in [0.05, 0.1) is 11.8 Å². The number of hydrogen-bond donors (Lipinski definition) is 1. The van der Waals surface area contributed by atoms with Gasteiger partial charge < -0.3 is 10.0 Å². The van der Waals surface area contributed by atoms with E-state index in [-0.39, 0.29) is 5.91 Å². The summed E-state index contributed by atoms with van der Waals surface area (Å²) in [6, 6.07) is 0. The van der Waals surface area contributed by atoms with Crippen LogP contribution in [0.15, 0.2) is 6.20 Å². The van der Waals surface area contributed by atoms with Crippen LogP contribution >= 0.6 is 0 Å². The van der Waals surface area contributed by atoms with Gasteiger partial charge in [-0.2, -0.15) is 5.10 Å². The van der Waals surface area contributed by atoms with E-state index in [0.29, 0.717) is 24.3 Å². The lowest BCUT2D eigenvalue weighted by Gasteiger charge is -2.40. The van der Waals surface area contributed by atoms with Gasteiger partial charge in [-0.3, -0.25) is 9.48 Å². The molecular weight excluding hydrogens is 294 g/mol. The minimum atomic E-state index is -1.08. The first kappa shape index (κ1) is 17.5. The van der Waals surface area contributed by atoms with Gasteiger partial charge in [0.25, 0.3) is 5.91 Å². The molecule has 1 aromatic rings. The van der Waals surface area contributed by atoms with Crippen LogP contribution in [0.5, 0.6) is 0 Å². The maximum absolute atomic E-state index is 12.9. The zero-order valence-electron chi connectivity index (χ0n) is 14.5. The molecule has 0 atom stereocenters. The summed E-state index contributed by atoms with van der Waals surface area (Å²) >= 11 is 0. The summed E-state index contributed by atoms with van der Waals surface area (Å²) in [5, 5.41) is 14.0. The normalized spacial score (nSPS) is 17.3. The Morgan fingerprint density at radius 1 is 1.35 bits per heavy atom. The molecule has 23 heavy (non-hydrogen) atoms. The fourth-order valence-corrected chi connectivity index (χ4v) is 3.39. The molecule has 0 aliphatic heterocycles. The third kappa shape index (κ3) is 3.26. The van der Waals surface area contributed by atoms with Gasteiger partial charge in [-0.05, 0) is 25.7 Å². The number of rotatable bonds is 5. The first-order valence-electron chi connectivity index (χ1n) is 8.33. The first-order chi connectivity index (χ1) is 10.8. The number of aliphatic carboxylic acids is 1. The third-order valence-corrected chi connectivity index (χ3v) is 4.90. The third-order valence-electron chi connectivity index (χ3n) is 4.90. The number of carboxylic acids is 1. The average molecular weight is 321 g/mol. The van der Waals surface area contributed by atoms with Crippen LogP contribution in [0.4, 0.5) is 0 Å². The molecule has 1 aliphatic carbocycles. The number of carboxylic acid groups (broad SMARTS) is 1. The van der Waals surface area contributed by atoms with Gasteiger partial charge in [0.2, 0.25) is 0 Å². The average Bonchev–Trinajstić information content (AvgIpc) is 2.86. The van der Waals surface area contributed by atoms with E-state index in [4.69, 9.17) is 0 Å². The largest absolute Gasteiger partial charge is 0.479 e. The summed E-state index contributed by atoms with van der Waals surface area (Å²) in [7, 11) is 1.61. The molecule has 0 saturated heterocycles. The summed E-state index contributed by atoms with van der Waals surface area (Å²) in [4.78, 5) is 26.2. The van der Waals surface area contributed by atoms with Crippen molar-refractivity contribution in [1.82, 2.24) is 14.7 Å². The molecule has 0 radical (unpaired) electrons. The summed E-state index contributed by atoms with van der Waals surface area (Å²) in [6.07, 6.45) is 5.32. The van der Waals surface area contributed by atoms with Gasteiger partial charge in [0.1, 0.15) is 5.54 Å². The van der Waals surface area contributed by atoms with E-state index in [0.717, 1.165) is 31.5 Å². The maximum Gasteiger partial charge on any atom is 0.329 e. The van der Waals surface area contributed by atoms with E-state index >= 15 is 0 Å². The Balaban J connectivity index is 2.28. The molecule has 1 amide bonds. The number of likely N-dealkylation sites (N-methyl/N-ethyl adjacent to an activating group) is 1. The van der Waals surface area contributed by atoms with Crippen molar-refractivity contribution in [3.8, 4) is 0 Å². The highest BCUT2D eigenvalue weighted by Gasteiger charge is 2.46. The van der Waals surface area contributed by atoms with Crippen LogP contribution in [0.25, 0.3) is 0 Å². The van der Waals surface area contributed by atoms with E-state index in [2.05, 4.69) is 18.9 Å². The Kier molecular flexibility index (Phi) is 5.12. The van der Waals surface area contributed by atoms with Gasteiger partial charge in [-0.15, -0.1) is 0 Å². The molecule has 0 bridgehead atoms. The molecule has 1 fully saturated rings. The van der Waals surface area contributed by atoms with Crippen LogP contribution < -0.4 is 0 Å². The number of aromatic nitrogens is 2. The number of hydrogen-bond acceptors (Lipinski definition) is 3. The maximum atomic E-state index is 12.9. The minimum absolute atomic E-state index is 0.248. The van der Waals surface area contributed by atoms with Crippen molar-refractivity contribution in [1.29, 1.82) is 0 Å². The highest BCUT2D eigenvalue weighted by atomic mass is 16.4.